The summed E-state index contributed by atoms with van der Waals surface area (Å²) in [6.45, 7) is 0.933. The predicted molar refractivity (Wildman–Crippen MR) is 77.8 cm³/mol. The molecule has 0 heterocycles. The minimum absolute atomic E-state index is 0.457. The van der Waals surface area contributed by atoms with E-state index in [0.29, 0.717) is 18.2 Å². The fourth-order valence-electron chi connectivity index (χ4n) is 1.62. The Labute approximate surface area is 120 Å². The van der Waals surface area contributed by atoms with Crippen LogP contribution < -0.4 is 10.5 Å². The van der Waals surface area contributed by atoms with Gasteiger partial charge >= 0.3 is 0 Å². The highest BCUT2D eigenvalue weighted by Crippen LogP contribution is 2.24. The van der Waals surface area contributed by atoms with E-state index in [0.717, 1.165) is 21.3 Å². The van der Waals surface area contributed by atoms with Crippen molar-refractivity contribution in [3.05, 3.63) is 63.1 Å². The second-order valence-corrected chi connectivity index (χ2v) is 5.23. The first-order valence-corrected chi connectivity index (χ1v) is 6.72. The minimum atomic E-state index is 0.457. The van der Waals surface area contributed by atoms with Gasteiger partial charge in [-0.05, 0) is 29.8 Å². The maximum absolute atomic E-state index is 5.93. The Hall–Kier alpha value is -1.03. The van der Waals surface area contributed by atoms with Gasteiger partial charge in [0.25, 0.3) is 0 Å². The van der Waals surface area contributed by atoms with Crippen LogP contribution in [0, 0.1) is 0 Å². The molecule has 18 heavy (non-hydrogen) atoms. The van der Waals surface area contributed by atoms with E-state index in [-0.39, 0.29) is 0 Å². The van der Waals surface area contributed by atoms with Crippen molar-refractivity contribution >= 4 is 27.5 Å². The van der Waals surface area contributed by atoms with Crippen LogP contribution in [0.3, 0.4) is 0 Å². The second-order valence-electron chi connectivity index (χ2n) is 3.87. The lowest BCUT2D eigenvalue weighted by atomic mass is 10.2. The van der Waals surface area contributed by atoms with E-state index in [9.17, 15) is 0 Å². The zero-order valence-corrected chi connectivity index (χ0v) is 12.0. The lowest BCUT2D eigenvalue weighted by Crippen LogP contribution is -2.02. The molecule has 0 aromatic heterocycles. The number of nitrogens with two attached hydrogens (primary N) is 1. The molecule has 0 spiro atoms. The predicted octanol–water partition coefficient (Wildman–Crippen LogP) is 4.14. The summed E-state index contributed by atoms with van der Waals surface area (Å²) < 4.78 is 6.75. The van der Waals surface area contributed by atoms with Crippen molar-refractivity contribution in [2.24, 2.45) is 5.73 Å². The zero-order valence-electron chi connectivity index (χ0n) is 9.70. The van der Waals surface area contributed by atoms with Gasteiger partial charge in [-0.15, -0.1) is 0 Å². The van der Waals surface area contributed by atoms with Crippen LogP contribution in [0.5, 0.6) is 5.75 Å². The van der Waals surface area contributed by atoms with Gasteiger partial charge in [-0.3, -0.25) is 0 Å². The van der Waals surface area contributed by atoms with Crippen LogP contribution in [0.1, 0.15) is 11.1 Å². The van der Waals surface area contributed by atoms with E-state index in [2.05, 4.69) is 15.9 Å². The van der Waals surface area contributed by atoms with E-state index in [1.54, 1.807) is 0 Å². The molecule has 0 aliphatic rings. The van der Waals surface area contributed by atoms with Crippen LogP contribution in [-0.4, -0.2) is 0 Å². The summed E-state index contributed by atoms with van der Waals surface area (Å²) >= 11 is 9.35. The lowest BCUT2D eigenvalue weighted by Gasteiger charge is -2.11. The quantitative estimate of drug-likeness (QED) is 0.916. The molecule has 0 atom stereocenters. The molecule has 4 heteroatoms. The molecule has 94 valence electrons. The van der Waals surface area contributed by atoms with Gasteiger partial charge in [0.1, 0.15) is 12.4 Å². The molecule has 0 saturated carbocycles. The smallest absolute Gasteiger partial charge is 0.125 e. The second kappa shape index (κ2) is 6.23. The Morgan fingerprint density at radius 1 is 1.17 bits per heavy atom. The molecule has 0 amide bonds. The molecule has 0 unspecified atom stereocenters. The standard InChI is InChI=1S/C14H13BrClNO/c15-12-5-4-11(8-17)14(7-12)18-9-10-2-1-3-13(16)6-10/h1-7H,8-9,17H2. The number of benzene rings is 2. The third-order valence-electron chi connectivity index (χ3n) is 2.53. The van der Waals surface area contributed by atoms with E-state index in [4.69, 9.17) is 22.1 Å². The number of halogens is 2. The Morgan fingerprint density at radius 3 is 2.72 bits per heavy atom. The number of ether oxygens (including phenoxy) is 1. The van der Waals surface area contributed by atoms with Crippen molar-refractivity contribution in [1.82, 2.24) is 0 Å². The SMILES string of the molecule is NCc1ccc(Br)cc1OCc1cccc(Cl)c1. The third-order valence-corrected chi connectivity index (χ3v) is 3.26. The van der Waals surface area contributed by atoms with Crippen LogP contribution >= 0.6 is 27.5 Å². The average molecular weight is 327 g/mol. The van der Waals surface area contributed by atoms with Gasteiger partial charge < -0.3 is 10.5 Å². The van der Waals surface area contributed by atoms with Crippen LogP contribution in [-0.2, 0) is 13.2 Å². The van der Waals surface area contributed by atoms with E-state index in [1.165, 1.54) is 0 Å². The Bertz CT molecular complexity index is 545. The molecule has 0 fully saturated rings. The maximum Gasteiger partial charge on any atom is 0.125 e. The summed E-state index contributed by atoms with van der Waals surface area (Å²) in [5, 5.41) is 0.712. The first-order valence-electron chi connectivity index (χ1n) is 5.55. The van der Waals surface area contributed by atoms with Gasteiger partial charge in [0.05, 0.1) is 0 Å². The van der Waals surface area contributed by atoms with Gasteiger partial charge in [-0.2, -0.15) is 0 Å². The van der Waals surface area contributed by atoms with Gasteiger partial charge in [-0.1, -0.05) is 45.7 Å². The van der Waals surface area contributed by atoms with Crippen molar-refractivity contribution in [2.75, 3.05) is 0 Å². The Kier molecular flexibility index (Phi) is 4.64. The molecular weight excluding hydrogens is 314 g/mol. The van der Waals surface area contributed by atoms with Gasteiger partial charge in [0, 0.05) is 21.6 Å². The summed E-state index contributed by atoms with van der Waals surface area (Å²) in [5.41, 5.74) is 7.70. The fraction of sp³-hybridized carbons (Fsp3) is 0.143. The minimum Gasteiger partial charge on any atom is -0.489 e. The van der Waals surface area contributed by atoms with Crippen LogP contribution in [0.15, 0.2) is 46.9 Å². The van der Waals surface area contributed by atoms with E-state index in [1.807, 2.05) is 42.5 Å². The van der Waals surface area contributed by atoms with Crippen molar-refractivity contribution in [3.63, 3.8) is 0 Å². The average Bonchev–Trinajstić information content (AvgIpc) is 2.37. The Morgan fingerprint density at radius 2 is 2.00 bits per heavy atom. The van der Waals surface area contributed by atoms with E-state index < -0.39 is 0 Å². The zero-order chi connectivity index (χ0) is 13.0. The molecule has 0 aliphatic heterocycles. The summed E-state index contributed by atoms with van der Waals surface area (Å²) in [6.07, 6.45) is 0. The largest absolute Gasteiger partial charge is 0.489 e. The normalized spacial score (nSPS) is 10.4. The molecule has 0 bridgehead atoms. The maximum atomic E-state index is 5.93. The molecule has 0 saturated heterocycles. The highest BCUT2D eigenvalue weighted by Gasteiger charge is 2.04. The third kappa shape index (κ3) is 3.48. The summed E-state index contributed by atoms with van der Waals surface area (Å²) in [4.78, 5) is 0. The molecule has 2 aromatic rings. The molecule has 0 radical (unpaired) electrons. The molecule has 2 rings (SSSR count). The summed E-state index contributed by atoms with van der Waals surface area (Å²) in [6, 6.07) is 13.5. The molecule has 2 nitrogen and oxygen atoms in total. The molecule has 2 aromatic carbocycles. The first-order chi connectivity index (χ1) is 8.69. The first kappa shape index (κ1) is 13.4. The van der Waals surface area contributed by atoms with Crippen molar-refractivity contribution in [2.45, 2.75) is 13.2 Å². The van der Waals surface area contributed by atoms with Gasteiger partial charge in [-0.25, -0.2) is 0 Å². The number of hydrogen-bond donors (Lipinski definition) is 1. The van der Waals surface area contributed by atoms with Gasteiger partial charge in [0.15, 0.2) is 0 Å². The van der Waals surface area contributed by atoms with Crippen molar-refractivity contribution < 1.29 is 4.74 Å². The lowest BCUT2D eigenvalue weighted by molar-refractivity contribution is 0.303. The van der Waals surface area contributed by atoms with Crippen molar-refractivity contribution in [3.8, 4) is 5.75 Å². The summed E-state index contributed by atoms with van der Waals surface area (Å²) in [5.74, 6) is 0.798. The van der Waals surface area contributed by atoms with Crippen LogP contribution in [0.25, 0.3) is 0 Å². The monoisotopic (exact) mass is 325 g/mol. The van der Waals surface area contributed by atoms with Crippen LogP contribution in [0.4, 0.5) is 0 Å². The number of hydrogen-bond acceptors (Lipinski definition) is 2. The summed E-state index contributed by atoms with van der Waals surface area (Å²) in [7, 11) is 0. The molecule has 2 N–H and O–H groups in total. The molecular formula is C14H13BrClNO. The fourth-order valence-corrected chi connectivity index (χ4v) is 2.17. The molecule has 0 aliphatic carbocycles. The topological polar surface area (TPSA) is 35.2 Å². The van der Waals surface area contributed by atoms with Crippen molar-refractivity contribution in [1.29, 1.82) is 0 Å². The van der Waals surface area contributed by atoms with Gasteiger partial charge in [0.2, 0.25) is 0 Å². The Balaban J connectivity index is 2.12. The van der Waals surface area contributed by atoms with Crippen LogP contribution in [0.2, 0.25) is 5.02 Å². The highest BCUT2D eigenvalue weighted by atomic mass is 79.9. The number of rotatable bonds is 4. The highest BCUT2D eigenvalue weighted by molar-refractivity contribution is 9.10. The van der Waals surface area contributed by atoms with E-state index >= 15 is 0 Å².